The van der Waals surface area contributed by atoms with Crippen molar-refractivity contribution in [1.82, 2.24) is 0 Å². The van der Waals surface area contributed by atoms with E-state index in [1.807, 2.05) is 13.8 Å². The fourth-order valence-corrected chi connectivity index (χ4v) is 2.21. The van der Waals surface area contributed by atoms with Crippen molar-refractivity contribution in [2.24, 2.45) is 5.92 Å². The van der Waals surface area contributed by atoms with Crippen molar-refractivity contribution in [3.63, 3.8) is 0 Å². The third kappa shape index (κ3) is 1.42. The van der Waals surface area contributed by atoms with E-state index in [1.54, 1.807) is 31.2 Å². The van der Waals surface area contributed by atoms with E-state index in [1.165, 1.54) is 0 Å². The van der Waals surface area contributed by atoms with Gasteiger partial charge in [0.05, 0.1) is 0 Å². The van der Waals surface area contributed by atoms with Crippen molar-refractivity contribution >= 4 is 11.6 Å². The second-order valence-corrected chi connectivity index (χ2v) is 4.40. The zero-order valence-corrected chi connectivity index (χ0v) is 9.70. The lowest BCUT2D eigenvalue weighted by atomic mass is 9.80. The largest absolute Gasteiger partial charge is 0.289 e. The van der Waals surface area contributed by atoms with Gasteiger partial charge in [-0.2, -0.15) is 0 Å². The summed E-state index contributed by atoms with van der Waals surface area (Å²) in [6.45, 7) is 5.63. The molecule has 0 unspecified atom stereocenters. The number of ketones is 2. The second-order valence-electron chi connectivity index (χ2n) is 4.40. The van der Waals surface area contributed by atoms with E-state index in [2.05, 4.69) is 0 Å². The maximum absolute atomic E-state index is 12.2. The van der Waals surface area contributed by atoms with Gasteiger partial charge >= 0.3 is 0 Å². The highest BCUT2D eigenvalue weighted by molar-refractivity contribution is 6.26. The number of fused-ring (bicyclic) bond motifs is 1. The summed E-state index contributed by atoms with van der Waals surface area (Å²) in [5, 5.41) is 0. The van der Waals surface area contributed by atoms with Gasteiger partial charge in [-0.1, -0.05) is 38.1 Å². The highest BCUT2D eigenvalue weighted by atomic mass is 16.1. The Morgan fingerprint density at radius 2 is 1.44 bits per heavy atom. The van der Waals surface area contributed by atoms with Gasteiger partial charge in [0.2, 0.25) is 0 Å². The SMILES string of the molecule is CC1=C(C(C)C)C(=O)c2ccccc2C1=O. The van der Waals surface area contributed by atoms with E-state index in [0.717, 1.165) is 0 Å². The molecule has 1 aliphatic rings. The first-order valence-corrected chi connectivity index (χ1v) is 5.43. The summed E-state index contributed by atoms with van der Waals surface area (Å²) in [4.78, 5) is 24.3. The second kappa shape index (κ2) is 3.71. The molecule has 0 fully saturated rings. The summed E-state index contributed by atoms with van der Waals surface area (Å²) in [6, 6.07) is 7.03. The van der Waals surface area contributed by atoms with Gasteiger partial charge in [-0.3, -0.25) is 9.59 Å². The monoisotopic (exact) mass is 214 g/mol. The van der Waals surface area contributed by atoms with Crippen molar-refractivity contribution in [2.75, 3.05) is 0 Å². The van der Waals surface area contributed by atoms with Crippen LogP contribution in [-0.2, 0) is 0 Å². The average Bonchev–Trinajstić information content (AvgIpc) is 2.26. The molecule has 1 aromatic rings. The van der Waals surface area contributed by atoms with Crippen LogP contribution >= 0.6 is 0 Å². The van der Waals surface area contributed by atoms with E-state index in [-0.39, 0.29) is 17.5 Å². The van der Waals surface area contributed by atoms with Crippen LogP contribution in [0.15, 0.2) is 35.4 Å². The smallest absolute Gasteiger partial charge is 0.190 e. The Bertz CT molecular complexity index is 507. The number of Topliss-reactive ketones (excluding diaryl/α,β-unsaturated/α-hetero) is 2. The third-order valence-electron chi connectivity index (χ3n) is 2.98. The van der Waals surface area contributed by atoms with Crippen LogP contribution in [-0.4, -0.2) is 11.6 Å². The quantitative estimate of drug-likeness (QED) is 0.720. The molecule has 0 saturated carbocycles. The standard InChI is InChI=1S/C14H14O2/c1-8(2)12-9(3)13(15)10-6-4-5-7-11(10)14(12)16/h4-8H,1-3H3. The first-order valence-electron chi connectivity index (χ1n) is 5.43. The molecular formula is C14H14O2. The van der Waals surface area contributed by atoms with Gasteiger partial charge in [0, 0.05) is 22.3 Å². The molecule has 0 aliphatic heterocycles. The molecule has 0 radical (unpaired) electrons. The summed E-state index contributed by atoms with van der Waals surface area (Å²) in [5.41, 5.74) is 2.33. The molecule has 0 spiro atoms. The first kappa shape index (κ1) is 10.8. The molecule has 2 heteroatoms. The minimum Gasteiger partial charge on any atom is -0.289 e. The van der Waals surface area contributed by atoms with Crippen LogP contribution in [0.4, 0.5) is 0 Å². The van der Waals surface area contributed by atoms with Crippen molar-refractivity contribution in [3.05, 3.63) is 46.5 Å². The van der Waals surface area contributed by atoms with Crippen LogP contribution in [0.5, 0.6) is 0 Å². The van der Waals surface area contributed by atoms with Gasteiger partial charge in [0.15, 0.2) is 11.6 Å². The molecule has 0 bridgehead atoms. The van der Waals surface area contributed by atoms with E-state index in [9.17, 15) is 9.59 Å². The Morgan fingerprint density at radius 3 is 1.94 bits per heavy atom. The predicted octanol–water partition coefficient (Wildman–Crippen LogP) is 3.04. The molecule has 2 rings (SSSR count). The van der Waals surface area contributed by atoms with Gasteiger partial charge in [-0.15, -0.1) is 0 Å². The summed E-state index contributed by atoms with van der Waals surface area (Å²) < 4.78 is 0. The number of allylic oxidation sites excluding steroid dienone is 2. The van der Waals surface area contributed by atoms with Crippen molar-refractivity contribution in [3.8, 4) is 0 Å². The highest BCUT2D eigenvalue weighted by Gasteiger charge is 2.30. The number of rotatable bonds is 1. The Morgan fingerprint density at radius 1 is 0.938 bits per heavy atom. The van der Waals surface area contributed by atoms with E-state index >= 15 is 0 Å². The molecule has 16 heavy (non-hydrogen) atoms. The van der Waals surface area contributed by atoms with Crippen LogP contribution < -0.4 is 0 Å². The minimum absolute atomic E-state index is 0.00250. The Hall–Kier alpha value is -1.70. The number of hydrogen-bond acceptors (Lipinski definition) is 2. The third-order valence-corrected chi connectivity index (χ3v) is 2.98. The Labute approximate surface area is 95.0 Å². The fraction of sp³-hybridized carbons (Fsp3) is 0.286. The summed E-state index contributed by atoms with van der Waals surface area (Å²) in [7, 11) is 0. The molecule has 1 aromatic carbocycles. The van der Waals surface area contributed by atoms with Crippen molar-refractivity contribution in [1.29, 1.82) is 0 Å². The average molecular weight is 214 g/mol. The van der Waals surface area contributed by atoms with Gasteiger partial charge < -0.3 is 0 Å². The fourth-order valence-electron chi connectivity index (χ4n) is 2.21. The highest BCUT2D eigenvalue weighted by Crippen LogP contribution is 2.29. The van der Waals surface area contributed by atoms with Crippen LogP contribution in [0.25, 0.3) is 0 Å². The van der Waals surface area contributed by atoms with Gasteiger partial charge in [-0.05, 0) is 12.8 Å². The van der Waals surface area contributed by atoms with E-state index in [0.29, 0.717) is 22.3 Å². The molecule has 0 atom stereocenters. The van der Waals surface area contributed by atoms with Crippen LogP contribution in [0.1, 0.15) is 41.5 Å². The van der Waals surface area contributed by atoms with Crippen molar-refractivity contribution in [2.45, 2.75) is 20.8 Å². The van der Waals surface area contributed by atoms with Gasteiger partial charge in [0.25, 0.3) is 0 Å². The number of benzene rings is 1. The molecular weight excluding hydrogens is 200 g/mol. The Balaban J connectivity index is 2.68. The maximum atomic E-state index is 12.2. The van der Waals surface area contributed by atoms with Gasteiger partial charge in [0.1, 0.15) is 0 Å². The minimum atomic E-state index is -0.0149. The number of carbonyl (C=O) groups excluding carboxylic acids is 2. The van der Waals surface area contributed by atoms with E-state index < -0.39 is 0 Å². The van der Waals surface area contributed by atoms with Crippen LogP contribution in [0.3, 0.4) is 0 Å². The lowest BCUT2D eigenvalue weighted by molar-refractivity contribution is 0.0967. The molecule has 2 nitrogen and oxygen atoms in total. The van der Waals surface area contributed by atoms with E-state index in [4.69, 9.17) is 0 Å². The lowest BCUT2D eigenvalue weighted by Crippen LogP contribution is -2.23. The number of hydrogen-bond donors (Lipinski definition) is 0. The molecule has 0 heterocycles. The van der Waals surface area contributed by atoms with Crippen molar-refractivity contribution < 1.29 is 9.59 Å². The van der Waals surface area contributed by atoms with Gasteiger partial charge in [-0.25, -0.2) is 0 Å². The lowest BCUT2D eigenvalue weighted by Gasteiger charge is -2.21. The summed E-state index contributed by atoms with van der Waals surface area (Å²) in [6.07, 6.45) is 0. The zero-order chi connectivity index (χ0) is 11.9. The number of carbonyl (C=O) groups is 2. The topological polar surface area (TPSA) is 34.1 Å². The Kier molecular flexibility index (Phi) is 2.50. The summed E-state index contributed by atoms with van der Waals surface area (Å²) in [5.74, 6) is 0.0754. The molecule has 0 saturated heterocycles. The molecule has 82 valence electrons. The molecule has 0 amide bonds. The molecule has 1 aliphatic carbocycles. The summed E-state index contributed by atoms with van der Waals surface area (Å²) >= 11 is 0. The van der Waals surface area contributed by atoms with Crippen LogP contribution in [0, 0.1) is 5.92 Å². The molecule has 0 aromatic heterocycles. The normalized spacial score (nSPS) is 15.8. The molecule has 0 N–H and O–H groups in total. The zero-order valence-electron chi connectivity index (χ0n) is 9.70. The maximum Gasteiger partial charge on any atom is 0.190 e. The van der Waals surface area contributed by atoms with Crippen LogP contribution in [0.2, 0.25) is 0 Å². The first-order chi connectivity index (χ1) is 7.54. The predicted molar refractivity (Wildman–Crippen MR) is 62.6 cm³/mol.